The Morgan fingerprint density at radius 3 is 2.94 bits per heavy atom. The third kappa shape index (κ3) is 2.31. The molecule has 2 rings (SSSR count). The molecular weight excluding hydrogens is 273 g/mol. The molecule has 3 nitrogen and oxygen atoms in total. The Labute approximate surface area is 101 Å². The van der Waals surface area contributed by atoms with Crippen LogP contribution in [0.5, 0.6) is 0 Å². The van der Waals surface area contributed by atoms with E-state index in [4.69, 9.17) is 5.73 Å². The number of aromatic amines is 1. The van der Waals surface area contributed by atoms with Crippen molar-refractivity contribution in [2.24, 2.45) is 5.73 Å². The van der Waals surface area contributed by atoms with Crippen LogP contribution in [0.15, 0.2) is 29.0 Å². The number of hydrogen-bond acceptors (Lipinski definition) is 2. The Balaban J connectivity index is 2.46. The minimum Gasteiger partial charge on any atom is -0.336 e. The van der Waals surface area contributed by atoms with Gasteiger partial charge in [-0.25, -0.2) is 9.37 Å². The second kappa shape index (κ2) is 4.76. The van der Waals surface area contributed by atoms with Crippen molar-refractivity contribution in [1.29, 1.82) is 0 Å². The molecule has 0 radical (unpaired) electrons. The van der Waals surface area contributed by atoms with Gasteiger partial charge < -0.3 is 10.7 Å². The fourth-order valence-corrected chi connectivity index (χ4v) is 1.99. The van der Waals surface area contributed by atoms with Crippen LogP contribution >= 0.6 is 15.9 Å². The smallest absolute Gasteiger partial charge is 0.175 e. The number of imidazole rings is 1. The third-order valence-electron chi connectivity index (χ3n) is 2.24. The summed E-state index contributed by atoms with van der Waals surface area (Å²) in [5.41, 5.74) is 7.93. The quantitative estimate of drug-likeness (QED) is 0.909. The summed E-state index contributed by atoms with van der Waals surface area (Å²) >= 11 is 3.27. The molecule has 0 saturated carbocycles. The van der Waals surface area contributed by atoms with E-state index >= 15 is 0 Å². The number of nitrogens with zero attached hydrogens (tertiary/aromatic N) is 1. The lowest BCUT2D eigenvalue weighted by molar-refractivity contribution is 0.628. The van der Waals surface area contributed by atoms with Gasteiger partial charge in [-0.1, -0.05) is 12.1 Å². The maximum absolute atomic E-state index is 13.1. The van der Waals surface area contributed by atoms with Crippen LogP contribution in [0.25, 0.3) is 11.3 Å². The molecule has 3 N–H and O–H groups in total. The van der Waals surface area contributed by atoms with Crippen LogP contribution in [0, 0.1) is 5.82 Å². The van der Waals surface area contributed by atoms with Crippen molar-refractivity contribution in [1.82, 2.24) is 9.97 Å². The van der Waals surface area contributed by atoms with Crippen molar-refractivity contribution in [3.8, 4) is 11.3 Å². The zero-order chi connectivity index (χ0) is 11.5. The van der Waals surface area contributed by atoms with E-state index < -0.39 is 0 Å². The number of aromatic nitrogens is 2. The lowest BCUT2D eigenvalue weighted by Crippen LogP contribution is -2.04. The van der Waals surface area contributed by atoms with E-state index in [1.165, 1.54) is 12.1 Å². The molecule has 0 amide bonds. The van der Waals surface area contributed by atoms with Gasteiger partial charge in [0.1, 0.15) is 5.82 Å². The molecule has 0 fully saturated rings. The highest BCUT2D eigenvalue weighted by atomic mass is 79.9. The standard InChI is InChI=1S/C11H11BrFN3/c12-11-15-9(4-5-14)10(16-11)7-2-1-3-8(13)6-7/h1-3,6H,4-5,14H2,(H,15,16). The van der Waals surface area contributed by atoms with E-state index in [1.54, 1.807) is 6.07 Å². The van der Waals surface area contributed by atoms with Gasteiger partial charge in [-0.05, 0) is 34.6 Å². The summed E-state index contributed by atoms with van der Waals surface area (Å²) in [5.74, 6) is -0.268. The van der Waals surface area contributed by atoms with Gasteiger partial charge in [-0.2, -0.15) is 0 Å². The molecule has 5 heteroatoms. The van der Waals surface area contributed by atoms with Crippen LogP contribution < -0.4 is 5.73 Å². The second-order valence-electron chi connectivity index (χ2n) is 3.40. The number of benzene rings is 1. The van der Waals surface area contributed by atoms with Crippen molar-refractivity contribution in [3.63, 3.8) is 0 Å². The van der Waals surface area contributed by atoms with Gasteiger partial charge in [0.2, 0.25) is 0 Å². The van der Waals surface area contributed by atoms with Crippen LogP contribution in [0.2, 0.25) is 0 Å². The topological polar surface area (TPSA) is 54.7 Å². The number of rotatable bonds is 3. The summed E-state index contributed by atoms with van der Waals surface area (Å²) in [6.07, 6.45) is 0.685. The van der Waals surface area contributed by atoms with Gasteiger partial charge in [-0.3, -0.25) is 0 Å². The molecule has 0 aliphatic heterocycles. The van der Waals surface area contributed by atoms with Crippen molar-refractivity contribution >= 4 is 15.9 Å². The molecule has 16 heavy (non-hydrogen) atoms. The normalized spacial score (nSPS) is 10.7. The maximum Gasteiger partial charge on any atom is 0.175 e. The van der Waals surface area contributed by atoms with E-state index in [0.29, 0.717) is 17.7 Å². The van der Waals surface area contributed by atoms with Gasteiger partial charge in [0.25, 0.3) is 0 Å². The maximum atomic E-state index is 13.1. The third-order valence-corrected chi connectivity index (χ3v) is 2.62. The van der Waals surface area contributed by atoms with E-state index in [-0.39, 0.29) is 5.82 Å². The van der Waals surface area contributed by atoms with Gasteiger partial charge in [0, 0.05) is 17.7 Å². The summed E-state index contributed by atoms with van der Waals surface area (Å²) in [6.45, 7) is 0.525. The van der Waals surface area contributed by atoms with Crippen molar-refractivity contribution < 1.29 is 4.39 Å². The fraction of sp³-hybridized carbons (Fsp3) is 0.182. The molecule has 0 saturated heterocycles. The van der Waals surface area contributed by atoms with E-state index in [0.717, 1.165) is 17.0 Å². The molecule has 1 aromatic heterocycles. The highest BCUT2D eigenvalue weighted by Gasteiger charge is 2.10. The number of halogens is 2. The zero-order valence-corrected chi connectivity index (χ0v) is 10.1. The first-order valence-electron chi connectivity index (χ1n) is 4.91. The highest BCUT2D eigenvalue weighted by molar-refractivity contribution is 9.10. The van der Waals surface area contributed by atoms with Gasteiger partial charge in [0.05, 0.1) is 5.69 Å². The first-order chi connectivity index (χ1) is 7.70. The molecule has 0 bridgehead atoms. The van der Waals surface area contributed by atoms with Crippen LogP contribution in [0.4, 0.5) is 4.39 Å². The lowest BCUT2D eigenvalue weighted by atomic mass is 10.1. The Hall–Kier alpha value is -1.20. The summed E-state index contributed by atoms with van der Waals surface area (Å²) in [5, 5.41) is 0. The Bertz CT molecular complexity index is 496. The van der Waals surface area contributed by atoms with E-state index in [9.17, 15) is 4.39 Å². The van der Waals surface area contributed by atoms with Gasteiger partial charge >= 0.3 is 0 Å². The lowest BCUT2D eigenvalue weighted by Gasteiger charge is -2.01. The Morgan fingerprint density at radius 2 is 2.25 bits per heavy atom. The molecule has 2 aromatic rings. The second-order valence-corrected chi connectivity index (χ2v) is 4.15. The highest BCUT2D eigenvalue weighted by Crippen LogP contribution is 2.24. The Morgan fingerprint density at radius 1 is 1.44 bits per heavy atom. The zero-order valence-electron chi connectivity index (χ0n) is 8.50. The average molecular weight is 284 g/mol. The largest absolute Gasteiger partial charge is 0.336 e. The first-order valence-corrected chi connectivity index (χ1v) is 5.70. The molecule has 1 heterocycles. The van der Waals surface area contributed by atoms with Gasteiger partial charge in [0.15, 0.2) is 4.73 Å². The molecular formula is C11H11BrFN3. The molecule has 0 aliphatic carbocycles. The predicted octanol–water partition coefficient (Wildman–Crippen LogP) is 2.48. The van der Waals surface area contributed by atoms with Crippen molar-refractivity contribution in [3.05, 3.63) is 40.5 Å². The van der Waals surface area contributed by atoms with Crippen molar-refractivity contribution in [2.75, 3.05) is 6.54 Å². The summed E-state index contributed by atoms with van der Waals surface area (Å²) in [6, 6.07) is 6.36. The number of H-pyrrole nitrogens is 1. The predicted molar refractivity (Wildman–Crippen MR) is 64.4 cm³/mol. The minimum absolute atomic E-state index is 0.268. The molecule has 0 atom stereocenters. The molecule has 0 spiro atoms. The van der Waals surface area contributed by atoms with E-state index in [2.05, 4.69) is 25.9 Å². The average Bonchev–Trinajstić information content (AvgIpc) is 2.60. The molecule has 84 valence electrons. The Kier molecular flexibility index (Phi) is 3.36. The number of nitrogens with two attached hydrogens (primary N) is 1. The van der Waals surface area contributed by atoms with E-state index in [1.807, 2.05) is 6.07 Å². The molecule has 0 aliphatic rings. The number of hydrogen-bond donors (Lipinski definition) is 2. The number of nitrogens with one attached hydrogen (secondary N) is 1. The van der Waals surface area contributed by atoms with Crippen LogP contribution in [-0.4, -0.2) is 16.5 Å². The molecule has 0 unspecified atom stereocenters. The SMILES string of the molecule is NCCc1[nH]c(Br)nc1-c1cccc(F)c1. The van der Waals surface area contributed by atoms with Crippen LogP contribution in [-0.2, 0) is 6.42 Å². The summed E-state index contributed by atoms with van der Waals surface area (Å²) in [4.78, 5) is 7.35. The van der Waals surface area contributed by atoms with Crippen LogP contribution in [0.1, 0.15) is 5.69 Å². The van der Waals surface area contributed by atoms with Crippen molar-refractivity contribution in [2.45, 2.75) is 6.42 Å². The van der Waals surface area contributed by atoms with Gasteiger partial charge in [-0.15, -0.1) is 0 Å². The monoisotopic (exact) mass is 283 g/mol. The summed E-state index contributed by atoms with van der Waals surface area (Å²) < 4.78 is 13.7. The molecule has 1 aromatic carbocycles. The van der Waals surface area contributed by atoms with Crippen LogP contribution in [0.3, 0.4) is 0 Å². The first kappa shape index (κ1) is 11.3. The summed E-state index contributed by atoms with van der Waals surface area (Å²) in [7, 11) is 0. The minimum atomic E-state index is -0.268. The fourth-order valence-electron chi connectivity index (χ4n) is 1.58.